The van der Waals surface area contributed by atoms with Gasteiger partial charge >= 0.3 is 0 Å². The van der Waals surface area contributed by atoms with Crippen LogP contribution in [0.15, 0.2) is 12.4 Å². The molecule has 1 aliphatic heterocycles. The van der Waals surface area contributed by atoms with E-state index in [9.17, 15) is 0 Å². The molecule has 0 atom stereocenters. The van der Waals surface area contributed by atoms with Crippen molar-refractivity contribution < 1.29 is 4.74 Å². The Morgan fingerprint density at radius 2 is 2.12 bits per heavy atom. The van der Waals surface area contributed by atoms with Gasteiger partial charge in [-0.3, -0.25) is 0 Å². The summed E-state index contributed by atoms with van der Waals surface area (Å²) in [4.78, 5) is 8.46. The molecule has 0 radical (unpaired) electrons. The van der Waals surface area contributed by atoms with Crippen LogP contribution >= 0.6 is 0 Å². The van der Waals surface area contributed by atoms with Crippen molar-refractivity contribution >= 4 is 0 Å². The first-order valence-corrected chi connectivity index (χ1v) is 6.42. The third kappa shape index (κ3) is 3.97. The quantitative estimate of drug-likeness (QED) is 0.864. The van der Waals surface area contributed by atoms with Crippen LogP contribution in [-0.2, 0) is 6.42 Å². The Morgan fingerprint density at radius 3 is 2.82 bits per heavy atom. The molecule has 0 saturated carbocycles. The average molecular weight is 235 g/mol. The smallest absolute Gasteiger partial charge is 0.216 e. The highest BCUT2D eigenvalue weighted by atomic mass is 16.5. The minimum absolute atomic E-state index is 0.304. The summed E-state index contributed by atoms with van der Waals surface area (Å²) >= 11 is 0. The predicted octanol–water partition coefficient (Wildman–Crippen LogP) is 1.81. The number of piperidine rings is 1. The Balaban J connectivity index is 1.95. The molecule has 2 rings (SSSR count). The summed E-state index contributed by atoms with van der Waals surface area (Å²) < 4.78 is 5.89. The average Bonchev–Trinajstić information content (AvgIpc) is 2.30. The molecule has 1 saturated heterocycles. The lowest BCUT2D eigenvalue weighted by Crippen LogP contribution is -2.34. The Bertz CT molecular complexity index is 348. The molecule has 17 heavy (non-hydrogen) atoms. The lowest BCUT2D eigenvalue weighted by Gasteiger charge is -2.23. The predicted molar refractivity (Wildman–Crippen MR) is 67.1 cm³/mol. The number of aromatic nitrogens is 2. The first kappa shape index (κ1) is 12.3. The van der Waals surface area contributed by atoms with E-state index in [4.69, 9.17) is 4.74 Å². The number of hydrogen-bond acceptors (Lipinski definition) is 4. The van der Waals surface area contributed by atoms with Crippen LogP contribution in [0, 0.1) is 5.92 Å². The number of nitrogens with one attached hydrogen (secondary N) is 1. The maximum Gasteiger partial charge on any atom is 0.216 e. The van der Waals surface area contributed by atoms with E-state index < -0.39 is 0 Å². The largest absolute Gasteiger partial charge is 0.474 e. The maximum absolute atomic E-state index is 5.89. The molecule has 2 heterocycles. The van der Waals surface area contributed by atoms with Gasteiger partial charge in [0.2, 0.25) is 5.88 Å². The zero-order valence-electron chi connectivity index (χ0n) is 10.6. The van der Waals surface area contributed by atoms with Gasteiger partial charge in [0.15, 0.2) is 0 Å². The van der Waals surface area contributed by atoms with Crippen LogP contribution in [0.3, 0.4) is 0 Å². The monoisotopic (exact) mass is 235 g/mol. The minimum atomic E-state index is 0.304. The SMILES string of the molecule is CC(C)Cc1cc(OC2CCNCC2)ncn1. The van der Waals surface area contributed by atoms with Gasteiger partial charge in [-0.1, -0.05) is 13.8 Å². The first-order chi connectivity index (χ1) is 8.24. The zero-order valence-corrected chi connectivity index (χ0v) is 10.6. The van der Waals surface area contributed by atoms with Crippen LogP contribution in [0.2, 0.25) is 0 Å². The van der Waals surface area contributed by atoms with Gasteiger partial charge in [0, 0.05) is 11.8 Å². The standard InChI is InChI=1S/C13H21N3O/c1-10(2)7-11-8-13(16-9-15-11)17-12-3-5-14-6-4-12/h8-10,12,14H,3-7H2,1-2H3. The van der Waals surface area contributed by atoms with Gasteiger partial charge in [-0.2, -0.15) is 0 Å². The molecule has 1 aromatic rings. The Kier molecular flexibility index (Phi) is 4.31. The third-order valence-electron chi connectivity index (χ3n) is 2.89. The van der Waals surface area contributed by atoms with E-state index in [-0.39, 0.29) is 0 Å². The maximum atomic E-state index is 5.89. The highest BCUT2D eigenvalue weighted by Gasteiger charge is 2.15. The highest BCUT2D eigenvalue weighted by Crippen LogP contribution is 2.15. The second-order valence-corrected chi connectivity index (χ2v) is 5.01. The van der Waals surface area contributed by atoms with Gasteiger partial charge in [-0.05, 0) is 38.3 Å². The summed E-state index contributed by atoms with van der Waals surface area (Å²) in [5.74, 6) is 1.33. The third-order valence-corrected chi connectivity index (χ3v) is 2.89. The van der Waals surface area contributed by atoms with E-state index in [1.165, 1.54) is 0 Å². The molecule has 0 spiro atoms. The van der Waals surface area contributed by atoms with E-state index in [0.29, 0.717) is 12.0 Å². The molecule has 1 aromatic heterocycles. The fourth-order valence-electron chi connectivity index (χ4n) is 2.06. The van der Waals surface area contributed by atoms with E-state index in [1.807, 2.05) is 6.07 Å². The molecule has 4 heteroatoms. The van der Waals surface area contributed by atoms with E-state index in [1.54, 1.807) is 6.33 Å². The number of hydrogen-bond donors (Lipinski definition) is 1. The molecular weight excluding hydrogens is 214 g/mol. The van der Waals surface area contributed by atoms with Crippen molar-refractivity contribution in [2.75, 3.05) is 13.1 Å². The van der Waals surface area contributed by atoms with Gasteiger partial charge in [0.05, 0.1) is 0 Å². The summed E-state index contributed by atoms with van der Waals surface area (Å²) in [5.41, 5.74) is 1.07. The molecule has 0 amide bonds. The van der Waals surface area contributed by atoms with Crippen LogP contribution < -0.4 is 10.1 Å². The molecule has 94 valence electrons. The fourth-order valence-corrected chi connectivity index (χ4v) is 2.06. The van der Waals surface area contributed by atoms with E-state index in [2.05, 4.69) is 29.1 Å². The molecule has 0 aromatic carbocycles. The summed E-state index contributed by atoms with van der Waals surface area (Å²) in [6.07, 6.45) is 5.00. The van der Waals surface area contributed by atoms with Crippen molar-refractivity contribution in [3.63, 3.8) is 0 Å². The topological polar surface area (TPSA) is 47.0 Å². The van der Waals surface area contributed by atoms with Gasteiger partial charge in [-0.25, -0.2) is 9.97 Å². The normalized spacial score (nSPS) is 17.4. The number of ether oxygens (including phenoxy) is 1. The highest BCUT2D eigenvalue weighted by molar-refractivity contribution is 5.14. The Morgan fingerprint density at radius 1 is 1.35 bits per heavy atom. The summed E-state index contributed by atoms with van der Waals surface area (Å²) in [6.45, 7) is 6.45. The molecule has 0 aliphatic carbocycles. The van der Waals surface area contributed by atoms with Crippen LogP contribution in [0.25, 0.3) is 0 Å². The summed E-state index contributed by atoms with van der Waals surface area (Å²) in [6, 6.07) is 1.97. The Hall–Kier alpha value is -1.16. The van der Waals surface area contributed by atoms with Crippen LogP contribution in [0.1, 0.15) is 32.4 Å². The molecule has 1 N–H and O–H groups in total. The van der Waals surface area contributed by atoms with Gasteiger partial charge in [-0.15, -0.1) is 0 Å². The van der Waals surface area contributed by atoms with Crippen molar-refractivity contribution in [2.45, 2.75) is 39.2 Å². The van der Waals surface area contributed by atoms with Crippen molar-refractivity contribution in [3.8, 4) is 5.88 Å². The number of nitrogens with zero attached hydrogens (tertiary/aromatic N) is 2. The van der Waals surface area contributed by atoms with E-state index in [0.717, 1.165) is 43.9 Å². The lowest BCUT2D eigenvalue weighted by molar-refractivity contribution is 0.155. The van der Waals surface area contributed by atoms with Crippen molar-refractivity contribution in [2.24, 2.45) is 5.92 Å². The van der Waals surface area contributed by atoms with Gasteiger partial charge in [0.25, 0.3) is 0 Å². The summed E-state index contributed by atoms with van der Waals surface area (Å²) in [7, 11) is 0. The summed E-state index contributed by atoms with van der Waals surface area (Å²) in [5, 5.41) is 3.33. The fraction of sp³-hybridized carbons (Fsp3) is 0.692. The molecule has 0 unspecified atom stereocenters. The van der Waals surface area contributed by atoms with Crippen LogP contribution in [0.5, 0.6) is 5.88 Å². The molecule has 0 bridgehead atoms. The first-order valence-electron chi connectivity index (χ1n) is 6.42. The zero-order chi connectivity index (χ0) is 12.1. The van der Waals surface area contributed by atoms with Crippen molar-refractivity contribution in [3.05, 3.63) is 18.1 Å². The molecule has 4 nitrogen and oxygen atoms in total. The molecule has 1 aliphatic rings. The van der Waals surface area contributed by atoms with Crippen molar-refractivity contribution in [1.29, 1.82) is 0 Å². The van der Waals surface area contributed by atoms with Gasteiger partial charge in [0.1, 0.15) is 12.4 Å². The Labute approximate surface area is 103 Å². The van der Waals surface area contributed by atoms with Crippen LogP contribution in [-0.4, -0.2) is 29.2 Å². The second kappa shape index (κ2) is 5.96. The second-order valence-electron chi connectivity index (χ2n) is 5.01. The number of rotatable bonds is 4. The van der Waals surface area contributed by atoms with Crippen molar-refractivity contribution in [1.82, 2.24) is 15.3 Å². The molecular formula is C13H21N3O. The van der Waals surface area contributed by atoms with Crippen LogP contribution in [0.4, 0.5) is 0 Å². The van der Waals surface area contributed by atoms with E-state index >= 15 is 0 Å². The minimum Gasteiger partial charge on any atom is -0.474 e. The lowest BCUT2D eigenvalue weighted by atomic mass is 10.1. The van der Waals surface area contributed by atoms with Gasteiger partial charge < -0.3 is 10.1 Å². The molecule has 1 fully saturated rings.